The Morgan fingerprint density at radius 2 is 1.83 bits per heavy atom. The van der Waals surface area contributed by atoms with Gasteiger partial charge in [-0.15, -0.1) is 11.3 Å². The second-order valence-electron chi connectivity index (χ2n) is 4.84. The summed E-state index contributed by atoms with van der Waals surface area (Å²) < 4.78 is 2.11. The van der Waals surface area contributed by atoms with Gasteiger partial charge in [0.25, 0.3) is 0 Å². The molecule has 0 radical (unpaired) electrons. The van der Waals surface area contributed by atoms with Gasteiger partial charge in [0.1, 0.15) is 0 Å². The second kappa shape index (κ2) is 7.10. The number of benzene rings is 2. The third kappa shape index (κ3) is 3.48. The van der Waals surface area contributed by atoms with Gasteiger partial charge < -0.3 is 4.57 Å². The van der Waals surface area contributed by atoms with Gasteiger partial charge in [0, 0.05) is 22.5 Å². The standard InChI is InChI=1S/C17H13Cl3N2S/c1-2-22-16(12-8-7-11(18)9-14(12)20)10-23-17(22)21-15-6-4-3-5-13(15)19/h3-10H,2H2,1H3. The third-order valence-electron chi connectivity index (χ3n) is 3.39. The Hall–Kier alpha value is -1.26. The van der Waals surface area contributed by atoms with Gasteiger partial charge in [0.05, 0.1) is 21.4 Å². The average molecular weight is 384 g/mol. The molecule has 2 nitrogen and oxygen atoms in total. The van der Waals surface area contributed by atoms with E-state index in [1.807, 2.05) is 41.8 Å². The van der Waals surface area contributed by atoms with Gasteiger partial charge in [-0.1, -0.05) is 46.9 Å². The zero-order valence-electron chi connectivity index (χ0n) is 12.3. The minimum atomic E-state index is 0.623. The van der Waals surface area contributed by atoms with E-state index < -0.39 is 0 Å². The molecule has 0 unspecified atom stereocenters. The van der Waals surface area contributed by atoms with Crippen LogP contribution in [-0.2, 0) is 6.54 Å². The molecular weight excluding hydrogens is 371 g/mol. The SMILES string of the molecule is CCn1c(-c2ccc(Cl)cc2Cl)csc1=Nc1ccccc1Cl. The van der Waals surface area contributed by atoms with Crippen molar-refractivity contribution >= 4 is 51.8 Å². The summed E-state index contributed by atoms with van der Waals surface area (Å²) >= 11 is 20.1. The van der Waals surface area contributed by atoms with E-state index >= 15 is 0 Å². The monoisotopic (exact) mass is 382 g/mol. The Morgan fingerprint density at radius 3 is 2.52 bits per heavy atom. The van der Waals surface area contributed by atoms with Gasteiger partial charge in [-0.3, -0.25) is 0 Å². The van der Waals surface area contributed by atoms with Crippen LogP contribution in [0.15, 0.2) is 52.8 Å². The van der Waals surface area contributed by atoms with E-state index in [9.17, 15) is 0 Å². The highest BCUT2D eigenvalue weighted by atomic mass is 35.5. The molecule has 0 saturated carbocycles. The van der Waals surface area contributed by atoms with Crippen molar-refractivity contribution in [2.24, 2.45) is 4.99 Å². The van der Waals surface area contributed by atoms with Crippen LogP contribution in [0.25, 0.3) is 11.3 Å². The van der Waals surface area contributed by atoms with Gasteiger partial charge in [-0.05, 0) is 37.3 Å². The molecule has 0 aliphatic carbocycles. The molecule has 118 valence electrons. The van der Waals surface area contributed by atoms with Crippen molar-refractivity contribution in [3.05, 3.63) is 67.7 Å². The number of hydrogen-bond acceptors (Lipinski definition) is 2. The summed E-state index contributed by atoms with van der Waals surface area (Å²) in [6, 6.07) is 13.1. The van der Waals surface area contributed by atoms with Crippen molar-refractivity contribution in [1.29, 1.82) is 0 Å². The van der Waals surface area contributed by atoms with Crippen LogP contribution in [0, 0.1) is 0 Å². The van der Waals surface area contributed by atoms with Crippen LogP contribution >= 0.6 is 46.1 Å². The zero-order valence-corrected chi connectivity index (χ0v) is 15.3. The highest BCUT2D eigenvalue weighted by molar-refractivity contribution is 7.07. The summed E-state index contributed by atoms with van der Waals surface area (Å²) in [5.41, 5.74) is 2.71. The number of nitrogens with zero attached hydrogens (tertiary/aromatic N) is 2. The average Bonchev–Trinajstić information content (AvgIpc) is 2.92. The lowest BCUT2D eigenvalue weighted by Crippen LogP contribution is -2.14. The minimum Gasteiger partial charge on any atom is -0.317 e. The maximum absolute atomic E-state index is 6.34. The number of hydrogen-bond donors (Lipinski definition) is 0. The number of thiazole rings is 1. The largest absolute Gasteiger partial charge is 0.317 e. The molecule has 23 heavy (non-hydrogen) atoms. The lowest BCUT2D eigenvalue weighted by molar-refractivity contribution is 0.745. The number of aromatic nitrogens is 1. The molecule has 0 spiro atoms. The van der Waals surface area contributed by atoms with Crippen LogP contribution in [0.3, 0.4) is 0 Å². The molecule has 0 bridgehead atoms. The van der Waals surface area contributed by atoms with Crippen molar-refractivity contribution < 1.29 is 0 Å². The first-order valence-corrected chi connectivity index (χ1v) is 9.04. The van der Waals surface area contributed by atoms with E-state index in [4.69, 9.17) is 34.8 Å². The molecule has 6 heteroatoms. The zero-order chi connectivity index (χ0) is 16.4. The van der Waals surface area contributed by atoms with Crippen LogP contribution in [-0.4, -0.2) is 4.57 Å². The number of halogens is 3. The molecule has 0 atom stereocenters. The fraction of sp³-hybridized carbons (Fsp3) is 0.118. The second-order valence-corrected chi connectivity index (χ2v) is 6.92. The van der Waals surface area contributed by atoms with Crippen molar-refractivity contribution in [2.45, 2.75) is 13.5 Å². The van der Waals surface area contributed by atoms with Gasteiger partial charge in [0.2, 0.25) is 0 Å². The topological polar surface area (TPSA) is 17.3 Å². The Morgan fingerprint density at radius 1 is 1.04 bits per heavy atom. The number of rotatable bonds is 3. The van der Waals surface area contributed by atoms with Crippen LogP contribution in [0.5, 0.6) is 0 Å². The summed E-state index contributed by atoms with van der Waals surface area (Å²) in [7, 11) is 0. The van der Waals surface area contributed by atoms with Crippen LogP contribution in [0.2, 0.25) is 15.1 Å². The summed E-state index contributed by atoms with van der Waals surface area (Å²) in [5.74, 6) is 0. The molecule has 1 heterocycles. The fourth-order valence-corrected chi connectivity index (χ4v) is 3.94. The Balaban J connectivity index is 2.16. The van der Waals surface area contributed by atoms with Gasteiger partial charge in [-0.25, -0.2) is 4.99 Å². The van der Waals surface area contributed by atoms with Crippen LogP contribution in [0.1, 0.15) is 6.92 Å². The minimum absolute atomic E-state index is 0.623. The normalized spacial score (nSPS) is 11.9. The smallest absolute Gasteiger partial charge is 0.190 e. The van der Waals surface area contributed by atoms with Crippen LogP contribution in [0.4, 0.5) is 5.69 Å². The molecule has 0 saturated heterocycles. The van der Waals surface area contributed by atoms with E-state index in [0.29, 0.717) is 15.1 Å². The van der Waals surface area contributed by atoms with Gasteiger partial charge >= 0.3 is 0 Å². The van der Waals surface area contributed by atoms with Crippen molar-refractivity contribution in [2.75, 3.05) is 0 Å². The van der Waals surface area contributed by atoms with E-state index in [1.54, 1.807) is 17.4 Å². The lowest BCUT2D eigenvalue weighted by atomic mass is 10.2. The van der Waals surface area contributed by atoms with Crippen molar-refractivity contribution in [3.63, 3.8) is 0 Å². The molecule has 2 aromatic carbocycles. The fourth-order valence-electron chi connectivity index (χ4n) is 2.28. The van der Waals surface area contributed by atoms with Crippen molar-refractivity contribution in [3.8, 4) is 11.3 Å². The Labute approximate surface area is 153 Å². The summed E-state index contributed by atoms with van der Waals surface area (Å²) in [4.78, 5) is 5.56. The Kier molecular flexibility index (Phi) is 5.12. The first-order valence-electron chi connectivity index (χ1n) is 7.03. The number of para-hydroxylation sites is 1. The molecule has 0 fully saturated rings. The highest BCUT2D eigenvalue weighted by Gasteiger charge is 2.11. The molecule has 3 rings (SSSR count). The van der Waals surface area contributed by atoms with E-state index in [2.05, 4.69) is 16.5 Å². The predicted octanol–water partition coefficient (Wildman–Crippen LogP) is 6.43. The summed E-state index contributed by atoms with van der Waals surface area (Å²) in [5, 5.41) is 3.93. The summed E-state index contributed by atoms with van der Waals surface area (Å²) in [6.07, 6.45) is 0. The molecule has 1 aromatic heterocycles. The first-order chi connectivity index (χ1) is 11.1. The third-order valence-corrected chi connectivity index (χ3v) is 5.12. The Bertz CT molecular complexity index is 912. The van der Waals surface area contributed by atoms with E-state index in [-0.39, 0.29) is 0 Å². The molecule has 0 N–H and O–H groups in total. The molecular formula is C17H13Cl3N2S. The first kappa shape index (κ1) is 16.6. The molecule has 0 aliphatic rings. The maximum Gasteiger partial charge on any atom is 0.190 e. The van der Waals surface area contributed by atoms with Gasteiger partial charge in [-0.2, -0.15) is 0 Å². The molecule has 0 amide bonds. The van der Waals surface area contributed by atoms with Gasteiger partial charge in [0.15, 0.2) is 4.80 Å². The van der Waals surface area contributed by atoms with Crippen molar-refractivity contribution in [1.82, 2.24) is 4.57 Å². The highest BCUT2D eigenvalue weighted by Crippen LogP contribution is 2.31. The lowest BCUT2D eigenvalue weighted by Gasteiger charge is -2.08. The van der Waals surface area contributed by atoms with E-state index in [0.717, 1.165) is 28.3 Å². The predicted molar refractivity (Wildman–Crippen MR) is 100 cm³/mol. The van der Waals surface area contributed by atoms with E-state index in [1.165, 1.54) is 0 Å². The summed E-state index contributed by atoms with van der Waals surface area (Å²) in [6.45, 7) is 2.85. The quantitative estimate of drug-likeness (QED) is 0.496. The molecule has 0 aliphatic heterocycles. The maximum atomic E-state index is 6.34. The molecule has 3 aromatic rings. The van der Waals surface area contributed by atoms with Crippen LogP contribution < -0.4 is 4.80 Å².